The zero-order valence-electron chi connectivity index (χ0n) is 18.3. The standard InChI is InChI=1S/C31H19N3/c1-3-8-24(9-4-1)14-16-26-18-20-32-30(22-26)28-12-7-13-29(34-28)31-23-27(19-21-33-31)17-15-25-10-5-2-6-11-25/h1-13,18-23H. The summed E-state index contributed by atoms with van der Waals surface area (Å²) >= 11 is 0. The number of aromatic nitrogens is 3. The molecule has 0 aliphatic rings. The lowest BCUT2D eigenvalue weighted by atomic mass is 10.1. The molecule has 3 nitrogen and oxygen atoms in total. The van der Waals surface area contributed by atoms with E-state index in [0.717, 1.165) is 45.0 Å². The normalized spacial score (nSPS) is 9.88. The number of pyridine rings is 3. The highest BCUT2D eigenvalue weighted by Gasteiger charge is 2.06. The second kappa shape index (κ2) is 10.1. The third kappa shape index (κ3) is 5.25. The van der Waals surface area contributed by atoms with E-state index in [1.54, 1.807) is 12.4 Å². The van der Waals surface area contributed by atoms with E-state index < -0.39 is 0 Å². The van der Waals surface area contributed by atoms with Gasteiger partial charge >= 0.3 is 0 Å². The average Bonchev–Trinajstić information content (AvgIpc) is 2.92. The molecule has 5 aromatic rings. The summed E-state index contributed by atoms with van der Waals surface area (Å²) in [5.74, 6) is 12.8. The smallest absolute Gasteiger partial charge is 0.0898 e. The van der Waals surface area contributed by atoms with Gasteiger partial charge in [-0.05, 0) is 60.7 Å². The highest BCUT2D eigenvalue weighted by Crippen LogP contribution is 2.21. The van der Waals surface area contributed by atoms with E-state index >= 15 is 0 Å². The number of rotatable bonds is 2. The predicted octanol–water partition coefficient (Wildman–Crippen LogP) is 6.01. The fourth-order valence-corrected chi connectivity index (χ4v) is 3.35. The van der Waals surface area contributed by atoms with Gasteiger partial charge in [0.1, 0.15) is 0 Å². The molecule has 0 saturated carbocycles. The Morgan fingerprint density at radius 2 is 0.824 bits per heavy atom. The Hall–Kier alpha value is -4.99. The number of benzene rings is 2. The topological polar surface area (TPSA) is 38.7 Å². The molecule has 0 amide bonds. The van der Waals surface area contributed by atoms with Crippen LogP contribution in [0.25, 0.3) is 22.8 Å². The molecule has 34 heavy (non-hydrogen) atoms. The number of nitrogens with zero attached hydrogens (tertiary/aromatic N) is 3. The Kier molecular flexibility index (Phi) is 6.20. The van der Waals surface area contributed by atoms with Crippen LogP contribution in [0.2, 0.25) is 0 Å². The van der Waals surface area contributed by atoms with Crippen molar-refractivity contribution in [3.8, 4) is 46.5 Å². The minimum absolute atomic E-state index is 0.765. The van der Waals surface area contributed by atoms with Gasteiger partial charge in [-0.2, -0.15) is 0 Å². The monoisotopic (exact) mass is 433 g/mol. The number of hydrogen-bond acceptors (Lipinski definition) is 3. The first-order chi connectivity index (χ1) is 16.8. The van der Waals surface area contributed by atoms with Crippen molar-refractivity contribution in [2.24, 2.45) is 0 Å². The second-order valence-corrected chi connectivity index (χ2v) is 7.50. The molecule has 3 heterocycles. The fraction of sp³-hybridized carbons (Fsp3) is 0. The molecule has 0 aliphatic heterocycles. The third-order valence-corrected chi connectivity index (χ3v) is 5.04. The van der Waals surface area contributed by atoms with Gasteiger partial charge in [0.05, 0.1) is 22.8 Å². The van der Waals surface area contributed by atoms with Crippen LogP contribution in [0, 0.1) is 23.7 Å². The maximum absolute atomic E-state index is 4.81. The molecule has 158 valence electrons. The van der Waals surface area contributed by atoms with Gasteiger partial charge in [-0.25, -0.2) is 4.98 Å². The molecule has 0 aliphatic carbocycles. The van der Waals surface area contributed by atoms with Crippen molar-refractivity contribution < 1.29 is 0 Å². The van der Waals surface area contributed by atoms with Gasteiger partial charge in [0.25, 0.3) is 0 Å². The average molecular weight is 434 g/mol. The largest absolute Gasteiger partial charge is 0.255 e. The van der Waals surface area contributed by atoms with Gasteiger partial charge in [-0.15, -0.1) is 0 Å². The predicted molar refractivity (Wildman–Crippen MR) is 136 cm³/mol. The number of hydrogen-bond donors (Lipinski definition) is 0. The first kappa shape index (κ1) is 20.9. The highest BCUT2D eigenvalue weighted by atomic mass is 14.8. The van der Waals surface area contributed by atoms with Crippen LogP contribution in [-0.4, -0.2) is 15.0 Å². The van der Waals surface area contributed by atoms with Gasteiger partial charge in [-0.3, -0.25) is 9.97 Å². The third-order valence-electron chi connectivity index (χ3n) is 5.04. The van der Waals surface area contributed by atoms with Crippen molar-refractivity contribution in [1.82, 2.24) is 15.0 Å². The van der Waals surface area contributed by atoms with Gasteiger partial charge < -0.3 is 0 Å². The molecule has 3 heteroatoms. The van der Waals surface area contributed by atoms with E-state index in [2.05, 4.69) is 33.6 Å². The summed E-state index contributed by atoms with van der Waals surface area (Å²) < 4.78 is 0. The second-order valence-electron chi connectivity index (χ2n) is 7.50. The van der Waals surface area contributed by atoms with E-state index in [-0.39, 0.29) is 0 Å². The maximum Gasteiger partial charge on any atom is 0.0898 e. The van der Waals surface area contributed by atoms with Crippen molar-refractivity contribution in [2.45, 2.75) is 0 Å². The molecular formula is C31H19N3. The van der Waals surface area contributed by atoms with E-state index in [4.69, 9.17) is 4.98 Å². The molecule has 0 radical (unpaired) electrons. The van der Waals surface area contributed by atoms with Gasteiger partial charge in [0, 0.05) is 34.6 Å². The van der Waals surface area contributed by atoms with E-state index in [9.17, 15) is 0 Å². The maximum atomic E-state index is 4.81. The van der Waals surface area contributed by atoms with Crippen LogP contribution in [0.4, 0.5) is 0 Å². The van der Waals surface area contributed by atoms with Gasteiger partial charge in [0.2, 0.25) is 0 Å². The summed E-state index contributed by atoms with van der Waals surface area (Å²) in [5, 5.41) is 0. The van der Waals surface area contributed by atoms with Crippen molar-refractivity contribution in [3.63, 3.8) is 0 Å². The Morgan fingerprint density at radius 1 is 0.382 bits per heavy atom. The van der Waals surface area contributed by atoms with Crippen LogP contribution in [0.15, 0.2) is 116 Å². The summed E-state index contributed by atoms with van der Waals surface area (Å²) in [4.78, 5) is 13.8. The first-order valence-electron chi connectivity index (χ1n) is 10.9. The zero-order valence-corrected chi connectivity index (χ0v) is 18.3. The quantitative estimate of drug-likeness (QED) is 0.320. The van der Waals surface area contributed by atoms with Crippen LogP contribution in [0.1, 0.15) is 22.3 Å². The molecule has 0 atom stereocenters. The molecule has 0 unspecified atom stereocenters. The molecule has 0 bridgehead atoms. The summed E-state index contributed by atoms with van der Waals surface area (Å²) in [7, 11) is 0. The van der Waals surface area contributed by atoms with Gasteiger partial charge in [-0.1, -0.05) is 66.1 Å². The molecule has 0 fully saturated rings. The van der Waals surface area contributed by atoms with Crippen LogP contribution >= 0.6 is 0 Å². The Bertz CT molecular complexity index is 1430. The van der Waals surface area contributed by atoms with E-state index in [0.29, 0.717) is 0 Å². The zero-order chi connectivity index (χ0) is 23.0. The first-order valence-corrected chi connectivity index (χ1v) is 10.9. The molecule has 0 spiro atoms. The van der Waals surface area contributed by atoms with E-state index in [1.807, 2.05) is 103 Å². The van der Waals surface area contributed by atoms with E-state index in [1.165, 1.54) is 0 Å². The molecule has 3 aromatic heterocycles. The molecule has 5 rings (SSSR count). The Balaban J connectivity index is 1.42. The molecule has 2 aromatic carbocycles. The van der Waals surface area contributed by atoms with Crippen molar-refractivity contribution in [3.05, 3.63) is 138 Å². The lowest BCUT2D eigenvalue weighted by Gasteiger charge is -2.05. The lowest BCUT2D eigenvalue weighted by Crippen LogP contribution is -1.93. The van der Waals surface area contributed by atoms with Crippen molar-refractivity contribution in [1.29, 1.82) is 0 Å². The summed E-state index contributed by atoms with van der Waals surface area (Å²) in [5.41, 5.74) is 6.79. The van der Waals surface area contributed by atoms with Crippen LogP contribution in [-0.2, 0) is 0 Å². The van der Waals surface area contributed by atoms with Gasteiger partial charge in [0.15, 0.2) is 0 Å². The van der Waals surface area contributed by atoms with Crippen LogP contribution < -0.4 is 0 Å². The minimum Gasteiger partial charge on any atom is -0.255 e. The van der Waals surface area contributed by atoms with Crippen molar-refractivity contribution in [2.75, 3.05) is 0 Å². The fourth-order valence-electron chi connectivity index (χ4n) is 3.35. The molecule has 0 N–H and O–H groups in total. The van der Waals surface area contributed by atoms with Crippen LogP contribution in [0.3, 0.4) is 0 Å². The molecular weight excluding hydrogens is 414 g/mol. The summed E-state index contributed by atoms with van der Waals surface area (Å²) in [6.45, 7) is 0. The minimum atomic E-state index is 0.765. The SMILES string of the molecule is C(#Cc1ccnc(-c2cccc(-c3cc(C#Cc4ccccc4)ccn3)n2)c1)c1ccccc1. The van der Waals surface area contributed by atoms with Crippen LogP contribution in [0.5, 0.6) is 0 Å². The highest BCUT2D eigenvalue weighted by molar-refractivity contribution is 5.64. The molecule has 0 saturated heterocycles. The Morgan fingerprint density at radius 3 is 1.29 bits per heavy atom. The summed E-state index contributed by atoms with van der Waals surface area (Å²) in [6.07, 6.45) is 3.52. The lowest BCUT2D eigenvalue weighted by molar-refractivity contribution is 1.21. The summed E-state index contributed by atoms with van der Waals surface area (Å²) in [6, 6.07) is 33.4. The Labute approximate surface area is 199 Å². The van der Waals surface area contributed by atoms with Crippen molar-refractivity contribution >= 4 is 0 Å².